The molecule has 1 heterocycles. The van der Waals surface area contributed by atoms with Crippen molar-refractivity contribution >= 4 is 0 Å². The van der Waals surface area contributed by atoms with Gasteiger partial charge in [0.15, 0.2) is 0 Å². The zero-order valence-electron chi connectivity index (χ0n) is 10.1. The van der Waals surface area contributed by atoms with Crippen LogP contribution in [-0.4, -0.2) is 25.9 Å². The highest BCUT2D eigenvalue weighted by molar-refractivity contribution is 5.21. The Morgan fingerprint density at radius 1 is 1.33 bits per heavy atom. The molecule has 1 aromatic rings. The van der Waals surface area contributed by atoms with Crippen molar-refractivity contribution in [2.75, 3.05) is 19.8 Å². The molecular formula is C13H17F2NO2. The van der Waals surface area contributed by atoms with E-state index in [1.807, 2.05) is 0 Å². The number of nitrogens with two attached hydrogens (primary N) is 1. The van der Waals surface area contributed by atoms with E-state index in [2.05, 4.69) is 0 Å². The molecule has 1 unspecified atom stereocenters. The maximum Gasteiger partial charge on any atom is 0.130 e. The molecule has 0 bridgehead atoms. The van der Waals surface area contributed by atoms with Gasteiger partial charge in [0.2, 0.25) is 0 Å². The van der Waals surface area contributed by atoms with Crippen molar-refractivity contribution in [2.45, 2.75) is 25.0 Å². The third-order valence-corrected chi connectivity index (χ3v) is 3.04. The Morgan fingerprint density at radius 3 is 2.72 bits per heavy atom. The zero-order valence-corrected chi connectivity index (χ0v) is 10.1. The van der Waals surface area contributed by atoms with E-state index in [-0.39, 0.29) is 18.3 Å². The first-order chi connectivity index (χ1) is 8.66. The van der Waals surface area contributed by atoms with Gasteiger partial charge in [-0.1, -0.05) is 6.07 Å². The van der Waals surface area contributed by atoms with Crippen LogP contribution in [-0.2, 0) is 9.47 Å². The van der Waals surface area contributed by atoms with Crippen LogP contribution in [0.25, 0.3) is 0 Å². The maximum absolute atomic E-state index is 13.5. The fraction of sp³-hybridized carbons (Fsp3) is 0.538. The second-order valence-electron chi connectivity index (χ2n) is 4.42. The summed E-state index contributed by atoms with van der Waals surface area (Å²) in [6.45, 7) is 1.60. The predicted molar refractivity (Wildman–Crippen MR) is 63.1 cm³/mol. The van der Waals surface area contributed by atoms with Gasteiger partial charge in [0.25, 0.3) is 0 Å². The molecule has 2 N–H and O–H groups in total. The SMILES string of the molecule is NC(COC1CCOCC1)c1ccc(F)cc1F. The lowest BCUT2D eigenvalue weighted by Crippen LogP contribution is -2.27. The number of ether oxygens (including phenoxy) is 2. The molecule has 5 heteroatoms. The third-order valence-electron chi connectivity index (χ3n) is 3.04. The van der Waals surface area contributed by atoms with E-state index in [0.29, 0.717) is 13.2 Å². The van der Waals surface area contributed by atoms with Crippen LogP contribution in [0, 0.1) is 11.6 Å². The number of rotatable bonds is 4. The van der Waals surface area contributed by atoms with Crippen molar-refractivity contribution < 1.29 is 18.3 Å². The second-order valence-corrected chi connectivity index (χ2v) is 4.42. The first kappa shape index (κ1) is 13.4. The molecule has 1 aromatic carbocycles. The van der Waals surface area contributed by atoms with E-state index in [4.69, 9.17) is 15.2 Å². The van der Waals surface area contributed by atoms with E-state index in [0.717, 1.165) is 18.9 Å². The van der Waals surface area contributed by atoms with Crippen LogP contribution >= 0.6 is 0 Å². The fourth-order valence-corrected chi connectivity index (χ4v) is 1.97. The normalized spacial score (nSPS) is 18.8. The molecule has 1 atom stereocenters. The summed E-state index contributed by atoms with van der Waals surface area (Å²) < 4.78 is 37.1. The van der Waals surface area contributed by atoms with Gasteiger partial charge in [-0.3, -0.25) is 0 Å². The van der Waals surface area contributed by atoms with Gasteiger partial charge >= 0.3 is 0 Å². The lowest BCUT2D eigenvalue weighted by molar-refractivity contribution is -0.0360. The molecule has 100 valence electrons. The highest BCUT2D eigenvalue weighted by Crippen LogP contribution is 2.18. The Balaban J connectivity index is 1.88. The average molecular weight is 257 g/mol. The van der Waals surface area contributed by atoms with E-state index < -0.39 is 17.7 Å². The summed E-state index contributed by atoms with van der Waals surface area (Å²) in [7, 11) is 0. The summed E-state index contributed by atoms with van der Waals surface area (Å²) in [4.78, 5) is 0. The maximum atomic E-state index is 13.5. The Kier molecular flexibility index (Phi) is 4.63. The first-order valence-corrected chi connectivity index (χ1v) is 6.06. The largest absolute Gasteiger partial charge is 0.381 e. The average Bonchev–Trinajstić information content (AvgIpc) is 2.37. The molecule has 0 aliphatic carbocycles. The minimum atomic E-state index is -0.627. The van der Waals surface area contributed by atoms with Crippen molar-refractivity contribution in [3.05, 3.63) is 35.4 Å². The van der Waals surface area contributed by atoms with Crippen LogP contribution in [0.15, 0.2) is 18.2 Å². The van der Waals surface area contributed by atoms with Crippen molar-refractivity contribution in [2.24, 2.45) is 5.73 Å². The van der Waals surface area contributed by atoms with Crippen LogP contribution in [0.1, 0.15) is 24.4 Å². The van der Waals surface area contributed by atoms with Gasteiger partial charge in [0, 0.05) is 24.8 Å². The smallest absolute Gasteiger partial charge is 0.130 e. The molecule has 3 nitrogen and oxygen atoms in total. The van der Waals surface area contributed by atoms with Crippen LogP contribution in [0.3, 0.4) is 0 Å². The number of halogens is 2. The van der Waals surface area contributed by atoms with E-state index in [9.17, 15) is 8.78 Å². The lowest BCUT2D eigenvalue weighted by atomic mass is 10.1. The lowest BCUT2D eigenvalue weighted by Gasteiger charge is -2.24. The summed E-state index contributed by atoms with van der Waals surface area (Å²) in [6, 6.07) is 2.83. The van der Waals surface area contributed by atoms with E-state index >= 15 is 0 Å². The highest BCUT2D eigenvalue weighted by Gasteiger charge is 2.17. The van der Waals surface area contributed by atoms with Crippen molar-refractivity contribution in [1.29, 1.82) is 0 Å². The molecule has 1 saturated heterocycles. The second kappa shape index (κ2) is 6.22. The summed E-state index contributed by atoms with van der Waals surface area (Å²) >= 11 is 0. The van der Waals surface area contributed by atoms with Gasteiger partial charge < -0.3 is 15.2 Å². The van der Waals surface area contributed by atoms with Crippen molar-refractivity contribution in [3.63, 3.8) is 0 Å². The summed E-state index contributed by atoms with van der Waals surface area (Å²) in [5, 5.41) is 0. The minimum absolute atomic E-state index is 0.119. The van der Waals surface area contributed by atoms with Crippen LogP contribution < -0.4 is 5.73 Å². The van der Waals surface area contributed by atoms with Gasteiger partial charge in [0.05, 0.1) is 18.8 Å². The van der Waals surface area contributed by atoms with Crippen molar-refractivity contribution in [1.82, 2.24) is 0 Å². The molecule has 0 aromatic heterocycles. The standard InChI is InChI=1S/C13H17F2NO2/c14-9-1-2-11(12(15)7-9)13(16)8-18-10-3-5-17-6-4-10/h1-2,7,10,13H,3-6,8,16H2. The predicted octanol–water partition coefficient (Wildman–Crippen LogP) is 2.16. The molecule has 18 heavy (non-hydrogen) atoms. The molecule has 0 amide bonds. The van der Waals surface area contributed by atoms with Crippen LogP contribution in [0.5, 0.6) is 0 Å². The van der Waals surface area contributed by atoms with E-state index in [1.165, 1.54) is 12.1 Å². The molecule has 0 spiro atoms. The Hall–Kier alpha value is -1.04. The number of hydrogen-bond acceptors (Lipinski definition) is 3. The summed E-state index contributed by atoms with van der Waals surface area (Å²) in [5.74, 6) is -1.23. The fourth-order valence-electron chi connectivity index (χ4n) is 1.97. The molecule has 1 aliphatic rings. The van der Waals surface area contributed by atoms with Gasteiger partial charge in [-0.2, -0.15) is 0 Å². The van der Waals surface area contributed by atoms with Gasteiger partial charge in [0.1, 0.15) is 11.6 Å². The highest BCUT2D eigenvalue weighted by atomic mass is 19.1. The van der Waals surface area contributed by atoms with E-state index in [1.54, 1.807) is 0 Å². The van der Waals surface area contributed by atoms with Gasteiger partial charge in [-0.25, -0.2) is 8.78 Å². The van der Waals surface area contributed by atoms with Gasteiger partial charge in [-0.05, 0) is 18.9 Å². The Labute approximate surface area is 105 Å². The van der Waals surface area contributed by atoms with Crippen LogP contribution in [0.4, 0.5) is 8.78 Å². The first-order valence-electron chi connectivity index (χ1n) is 6.06. The summed E-state index contributed by atoms with van der Waals surface area (Å²) in [6.07, 6.45) is 1.78. The monoisotopic (exact) mass is 257 g/mol. The quantitative estimate of drug-likeness (QED) is 0.899. The molecule has 2 rings (SSSR count). The molecule has 1 aliphatic heterocycles. The summed E-state index contributed by atoms with van der Waals surface area (Å²) in [5.41, 5.74) is 6.13. The Morgan fingerprint density at radius 2 is 2.06 bits per heavy atom. The molecule has 0 radical (unpaired) electrons. The van der Waals surface area contributed by atoms with Gasteiger partial charge in [-0.15, -0.1) is 0 Å². The van der Waals surface area contributed by atoms with Crippen molar-refractivity contribution in [3.8, 4) is 0 Å². The Bertz CT molecular complexity index is 395. The number of hydrogen-bond donors (Lipinski definition) is 1. The molecule has 1 fully saturated rings. The minimum Gasteiger partial charge on any atom is -0.381 e. The molecule has 0 saturated carbocycles. The number of benzene rings is 1. The third kappa shape index (κ3) is 3.48. The molecular weight excluding hydrogens is 240 g/mol. The zero-order chi connectivity index (χ0) is 13.0. The van der Waals surface area contributed by atoms with Crippen LogP contribution in [0.2, 0.25) is 0 Å². The topological polar surface area (TPSA) is 44.5 Å².